The van der Waals surface area contributed by atoms with Crippen LogP contribution < -0.4 is 11.2 Å². The van der Waals surface area contributed by atoms with Crippen molar-refractivity contribution >= 4 is 21.1 Å². The topological polar surface area (TPSA) is 120 Å². The lowest BCUT2D eigenvalue weighted by Gasteiger charge is -2.13. The van der Waals surface area contributed by atoms with Gasteiger partial charge in [-0.1, -0.05) is 31.5 Å². The molecule has 200 valence electrons. The SMILES string of the molecule is Cc1ccc(S(=O)(=O)n2cc(C(C)C)c3nc(Cc4c(C)cc(-n5ncc(=O)[nH]c5=O)cc4C)ccc32)cc1. The fraction of sp³-hybridized carbons (Fsp3) is 0.241. The van der Waals surface area contributed by atoms with E-state index in [1.807, 2.05) is 58.9 Å². The molecule has 0 saturated heterocycles. The maximum Gasteiger partial charge on any atom is 0.349 e. The van der Waals surface area contributed by atoms with E-state index in [4.69, 9.17) is 4.98 Å². The van der Waals surface area contributed by atoms with Crippen LogP contribution in [0.15, 0.2) is 75.4 Å². The molecule has 0 radical (unpaired) electrons. The molecule has 5 rings (SSSR count). The molecule has 0 spiro atoms. The molecule has 0 bridgehead atoms. The van der Waals surface area contributed by atoms with Crippen LogP contribution in [-0.2, 0) is 16.4 Å². The highest BCUT2D eigenvalue weighted by atomic mass is 32.2. The Morgan fingerprint density at radius 3 is 2.23 bits per heavy atom. The number of fused-ring (bicyclic) bond motifs is 1. The first-order chi connectivity index (χ1) is 18.5. The second kappa shape index (κ2) is 9.77. The molecule has 1 N–H and O–H groups in total. The van der Waals surface area contributed by atoms with Crippen LogP contribution in [0.3, 0.4) is 0 Å². The first-order valence-electron chi connectivity index (χ1n) is 12.6. The largest absolute Gasteiger partial charge is 0.349 e. The molecule has 0 aliphatic carbocycles. The van der Waals surface area contributed by atoms with Crippen LogP contribution in [0, 0.1) is 20.8 Å². The average Bonchev–Trinajstić information content (AvgIpc) is 3.26. The lowest BCUT2D eigenvalue weighted by Crippen LogP contribution is -2.30. The molecule has 9 nitrogen and oxygen atoms in total. The van der Waals surface area contributed by atoms with Gasteiger partial charge in [-0.05, 0) is 85.3 Å². The van der Waals surface area contributed by atoms with Crippen molar-refractivity contribution in [2.45, 2.75) is 51.9 Å². The molecule has 10 heteroatoms. The van der Waals surface area contributed by atoms with Crippen LogP contribution in [0.2, 0.25) is 0 Å². The van der Waals surface area contributed by atoms with Gasteiger partial charge in [0, 0.05) is 18.3 Å². The van der Waals surface area contributed by atoms with Crippen LogP contribution in [0.25, 0.3) is 16.7 Å². The third-order valence-corrected chi connectivity index (χ3v) is 8.58. The van der Waals surface area contributed by atoms with Crippen molar-refractivity contribution in [3.05, 3.63) is 115 Å². The van der Waals surface area contributed by atoms with E-state index in [9.17, 15) is 18.0 Å². The van der Waals surface area contributed by atoms with Gasteiger partial charge in [0.15, 0.2) is 0 Å². The van der Waals surface area contributed by atoms with Crippen molar-refractivity contribution in [2.24, 2.45) is 0 Å². The zero-order chi connectivity index (χ0) is 28.1. The summed E-state index contributed by atoms with van der Waals surface area (Å²) >= 11 is 0. The summed E-state index contributed by atoms with van der Waals surface area (Å²) in [5.41, 5.74) is 6.16. The number of benzene rings is 2. The van der Waals surface area contributed by atoms with E-state index in [0.29, 0.717) is 23.1 Å². The summed E-state index contributed by atoms with van der Waals surface area (Å²) in [6.45, 7) is 9.86. The Kier molecular flexibility index (Phi) is 6.59. The average molecular weight is 544 g/mol. The predicted octanol–water partition coefficient (Wildman–Crippen LogP) is 4.15. The van der Waals surface area contributed by atoms with Gasteiger partial charge in [-0.25, -0.2) is 17.2 Å². The number of hydrogen-bond donors (Lipinski definition) is 1. The van der Waals surface area contributed by atoms with Gasteiger partial charge in [0.2, 0.25) is 0 Å². The molecular weight excluding hydrogens is 514 g/mol. The highest BCUT2D eigenvalue weighted by Crippen LogP contribution is 2.31. The first kappa shape index (κ1) is 26.3. The maximum atomic E-state index is 13.5. The summed E-state index contributed by atoms with van der Waals surface area (Å²) in [6.07, 6.45) is 3.27. The zero-order valence-corrected chi connectivity index (χ0v) is 23.2. The van der Waals surface area contributed by atoms with Crippen LogP contribution in [-0.4, -0.2) is 32.1 Å². The Morgan fingerprint density at radius 1 is 0.949 bits per heavy atom. The van der Waals surface area contributed by atoms with E-state index < -0.39 is 21.3 Å². The summed E-state index contributed by atoms with van der Waals surface area (Å²) in [7, 11) is -3.80. The van der Waals surface area contributed by atoms with Crippen molar-refractivity contribution < 1.29 is 8.42 Å². The fourth-order valence-electron chi connectivity index (χ4n) is 4.77. The first-order valence-corrected chi connectivity index (χ1v) is 14.0. The molecule has 0 fully saturated rings. The number of nitrogens with zero attached hydrogens (tertiary/aromatic N) is 4. The van der Waals surface area contributed by atoms with Crippen molar-refractivity contribution in [1.29, 1.82) is 0 Å². The van der Waals surface area contributed by atoms with Gasteiger partial charge in [0.1, 0.15) is 6.20 Å². The molecule has 0 atom stereocenters. The highest BCUT2D eigenvalue weighted by Gasteiger charge is 2.23. The molecule has 5 aromatic rings. The minimum atomic E-state index is -3.80. The molecule has 39 heavy (non-hydrogen) atoms. The second-order valence-corrected chi connectivity index (χ2v) is 11.9. The zero-order valence-electron chi connectivity index (χ0n) is 22.4. The standard InChI is InChI=1S/C29H29N5O4S/c1-17(2)25-16-33(39(37,38)23-9-6-18(3)7-10-23)26-11-8-21(31-28(25)26)14-24-19(4)12-22(13-20(24)5)34-29(36)32-27(35)15-30-34/h6-13,15-17H,14H2,1-5H3,(H,32,35,36). The molecule has 0 aliphatic heterocycles. The van der Waals surface area contributed by atoms with Gasteiger partial charge >= 0.3 is 5.69 Å². The molecule has 0 aliphatic rings. The molecular formula is C29H29N5O4S. The number of pyridine rings is 1. The molecule has 0 saturated carbocycles. The molecule has 0 amide bonds. The van der Waals surface area contributed by atoms with E-state index in [1.54, 1.807) is 30.5 Å². The van der Waals surface area contributed by atoms with Crippen molar-refractivity contribution in [3.8, 4) is 5.69 Å². The predicted molar refractivity (Wildman–Crippen MR) is 150 cm³/mol. The number of aromatic nitrogens is 5. The Hall–Kier alpha value is -4.31. The van der Waals surface area contributed by atoms with Crippen molar-refractivity contribution in [1.82, 2.24) is 23.7 Å². The van der Waals surface area contributed by atoms with Crippen LogP contribution in [0.1, 0.15) is 53.3 Å². The lowest BCUT2D eigenvalue weighted by molar-refractivity contribution is 0.589. The third-order valence-electron chi connectivity index (χ3n) is 6.89. The Morgan fingerprint density at radius 2 is 1.62 bits per heavy atom. The van der Waals surface area contributed by atoms with E-state index in [2.05, 4.69) is 10.1 Å². The van der Waals surface area contributed by atoms with Crippen molar-refractivity contribution in [2.75, 3.05) is 0 Å². The molecule has 3 heterocycles. The second-order valence-electron chi connectivity index (χ2n) is 10.1. The number of rotatable bonds is 6. The Balaban J connectivity index is 1.56. The third kappa shape index (κ3) is 4.83. The fourth-order valence-corrected chi connectivity index (χ4v) is 6.14. The summed E-state index contributed by atoms with van der Waals surface area (Å²) in [5, 5.41) is 3.95. The Labute approximate surface area is 225 Å². The van der Waals surface area contributed by atoms with Gasteiger partial charge in [0.25, 0.3) is 15.6 Å². The van der Waals surface area contributed by atoms with E-state index in [-0.39, 0.29) is 10.8 Å². The monoisotopic (exact) mass is 543 g/mol. The summed E-state index contributed by atoms with van der Waals surface area (Å²) < 4.78 is 29.6. The van der Waals surface area contributed by atoms with Gasteiger partial charge in [-0.15, -0.1) is 0 Å². The van der Waals surface area contributed by atoms with Crippen LogP contribution in [0.5, 0.6) is 0 Å². The number of H-pyrrole nitrogens is 1. The summed E-state index contributed by atoms with van der Waals surface area (Å²) in [4.78, 5) is 31.0. The lowest BCUT2D eigenvalue weighted by atomic mass is 9.97. The van der Waals surface area contributed by atoms with E-state index in [0.717, 1.165) is 44.4 Å². The van der Waals surface area contributed by atoms with Gasteiger partial charge in [-0.2, -0.15) is 9.78 Å². The minimum Gasteiger partial charge on any atom is -0.271 e. The number of nitrogens with one attached hydrogen (secondary N) is 1. The number of aromatic amines is 1. The quantitative estimate of drug-likeness (QED) is 0.344. The minimum absolute atomic E-state index is 0.0654. The maximum absolute atomic E-state index is 13.5. The van der Waals surface area contributed by atoms with Gasteiger partial charge in [0.05, 0.1) is 21.6 Å². The molecule has 0 unspecified atom stereocenters. The number of aryl methyl sites for hydroxylation is 3. The van der Waals surface area contributed by atoms with Gasteiger partial charge < -0.3 is 0 Å². The van der Waals surface area contributed by atoms with Crippen LogP contribution in [0.4, 0.5) is 0 Å². The van der Waals surface area contributed by atoms with E-state index >= 15 is 0 Å². The molecule has 2 aromatic carbocycles. The Bertz CT molecular complexity index is 1930. The normalized spacial score (nSPS) is 11.9. The highest BCUT2D eigenvalue weighted by molar-refractivity contribution is 7.90. The molecule has 3 aromatic heterocycles. The van der Waals surface area contributed by atoms with E-state index in [1.165, 1.54) is 3.97 Å². The summed E-state index contributed by atoms with van der Waals surface area (Å²) in [5.74, 6) is 0.0654. The smallest absolute Gasteiger partial charge is 0.271 e. The number of hydrogen-bond acceptors (Lipinski definition) is 6. The summed E-state index contributed by atoms with van der Waals surface area (Å²) in [6, 6.07) is 14.2. The van der Waals surface area contributed by atoms with Gasteiger partial charge in [-0.3, -0.25) is 14.8 Å². The van der Waals surface area contributed by atoms with Crippen molar-refractivity contribution in [3.63, 3.8) is 0 Å². The van der Waals surface area contributed by atoms with Crippen LogP contribution >= 0.6 is 0 Å².